The molecular formula is C4H8ClNO3. The molecule has 0 saturated carbocycles. The summed E-state index contributed by atoms with van der Waals surface area (Å²) in [5.41, 5.74) is 5.08. The molecule has 0 aliphatic rings. The lowest BCUT2D eigenvalue weighted by atomic mass is 10.4. The molecule has 4 nitrogen and oxygen atoms in total. The van der Waals surface area contributed by atoms with Gasteiger partial charge in [-0.1, -0.05) is 18.5 Å². The highest BCUT2D eigenvalue weighted by Gasteiger charge is 2.23. The molecule has 0 aromatic carbocycles. The molecule has 0 radical (unpaired) electrons. The molecule has 0 rings (SSSR count). The van der Waals surface area contributed by atoms with E-state index in [1.165, 1.54) is 0 Å². The molecule has 0 aliphatic heterocycles. The maximum absolute atomic E-state index is 9.79. The number of hydrogen-bond donors (Lipinski definition) is 2. The van der Waals surface area contributed by atoms with Crippen LogP contribution >= 0.6 is 11.6 Å². The zero-order chi connectivity index (χ0) is 7.49. The summed E-state index contributed by atoms with van der Waals surface area (Å²) >= 11 is 5.29. The predicted molar refractivity (Wildman–Crippen MR) is 32.2 cm³/mol. The van der Waals surface area contributed by atoms with Crippen LogP contribution in [-0.4, -0.2) is 16.4 Å². The number of nitrogens with two attached hydrogens (primary N) is 1. The molecule has 0 saturated heterocycles. The van der Waals surface area contributed by atoms with E-state index in [0.717, 1.165) is 0 Å². The Bertz CT molecular complexity index is 114. The zero-order valence-corrected chi connectivity index (χ0v) is 5.68. The molecule has 0 aliphatic carbocycles. The second-order valence-corrected chi connectivity index (χ2v) is 2.15. The Balaban J connectivity index is 3.71. The summed E-state index contributed by atoms with van der Waals surface area (Å²) in [5, 5.41) is 6.43. The number of ether oxygens (including phenoxy) is 1. The maximum Gasteiger partial charge on any atom is 0.508 e. The van der Waals surface area contributed by atoms with Gasteiger partial charge in [-0.3, -0.25) is 5.73 Å². The van der Waals surface area contributed by atoms with Gasteiger partial charge in [0.15, 0.2) is 0 Å². The molecule has 0 amide bonds. The van der Waals surface area contributed by atoms with Gasteiger partial charge in [0.05, 0.1) is 0 Å². The van der Waals surface area contributed by atoms with Gasteiger partial charge >= 0.3 is 6.16 Å². The van der Waals surface area contributed by atoms with Crippen molar-refractivity contribution in [3.63, 3.8) is 0 Å². The van der Waals surface area contributed by atoms with E-state index in [2.05, 4.69) is 4.74 Å². The van der Waals surface area contributed by atoms with Gasteiger partial charge in [0.25, 0.3) is 0 Å². The zero-order valence-electron chi connectivity index (χ0n) is 4.93. The van der Waals surface area contributed by atoms with Crippen LogP contribution in [0.2, 0.25) is 0 Å². The quantitative estimate of drug-likeness (QED) is 0.268. The topological polar surface area (TPSA) is 72.5 Å². The van der Waals surface area contributed by atoms with Crippen LogP contribution in [0.4, 0.5) is 4.79 Å². The maximum atomic E-state index is 9.79. The molecule has 1 atom stereocenters. The van der Waals surface area contributed by atoms with Gasteiger partial charge in [0.1, 0.15) is 0 Å². The molecule has 0 spiro atoms. The number of carboxylic acid groups (broad SMARTS) is 1. The van der Waals surface area contributed by atoms with Crippen LogP contribution in [0.1, 0.15) is 13.3 Å². The first-order chi connectivity index (χ1) is 3.98. The van der Waals surface area contributed by atoms with E-state index in [0.29, 0.717) is 0 Å². The molecule has 54 valence electrons. The number of hydrogen-bond acceptors (Lipinski definition) is 3. The second-order valence-electron chi connectivity index (χ2n) is 1.51. The minimum absolute atomic E-state index is 0.237. The minimum atomic E-state index is -1.56. The van der Waals surface area contributed by atoms with E-state index in [9.17, 15) is 4.79 Å². The third kappa shape index (κ3) is 4.05. The van der Waals surface area contributed by atoms with E-state index in [-0.39, 0.29) is 6.42 Å². The first kappa shape index (κ1) is 8.52. The highest BCUT2D eigenvalue weighted by Crippen LogP contribution is 2.12. The molecule has 0 fully saturated rings. The molecule has 9 heavy (non-hydrogen) atoms. The number of rotatable bonds is 2. The molecule has 1 unspecified atom stereocenters. The fourth-order valence-electron chi connectivity index (χ4n) is 0.217. The smallest absolute Gasteiger partial charge is 0.450 e. The van der Waals surface area contributed by atoms with E-state index in [1.54, 1.807) is 6.92 Å². The molecule has 3 N–H and O–H groups in total. The van der Waals surface area contributed by atoms with Gasteiger partial charge in [0, 0.05) is 6.42 Å². The molecule has 5 heteroatoms. The summed E-state index contributed by atoms with van der Waals surface area (Å²) in [6.07, 6.45) is -1.23. The predicted octanol–water partition coefficient (Wildman–Crippen LogP) is 0.942. The van der Waals surface area contributed by atoms with Gasteiger partial charge < -0.3 is 9.84 Å². The summed E-state index contributed by atoms with van der Waals surface area (Å²) < 4.78 is 4.05. The Morgan fingerprint density at radius 2 is 2.44 bits per heavy atom. The molecule has 0 heterocycles. The third-order valence-electron chi connectivity index (χ3n) is 0.739. The van der Waals surface area contributed by atoms with Crippen molar-refractivity contribution in [2.45, 2.75) is 18.5 Å². The van der Waals surface area contributed by atoms with Crippen LogP contribution in [0.25, 0.3) is 0 Å². The van der Waals surface area contributed by atoms with Crippen molar-refractivity contribution in [3.8, 4) is 0 Å². The van der Waals surface area contributed by atoms with Gasteiger partial charge in [-0.05, 0) is 0 Å². The first-order valence-corrected chi connectivity index (χ1v) is 2.75. The van der Waals surface area contributed by atoms with Crippen molar-refractivity contribution in [2.75, 3.05) is 0 Å². The Hall–Kier alpha value is -0.480. The monoisotopic (exact) mass is 153 g/mol. The average Bonchev–Trinajstić information content (AvgIpc) is 1.63. The largest absolute Gasteiger partial charge is 0.508 e. The Kier molecular flexibility index (Phi) is 2.73. The summed E-state index contributed by atoms with van der Waals surface area (Å²) in [6.45, 7) is 1.62. The van der Waals surface area contributed by atoms with E-state index in [1.807, 2.05) is 0 Å². The standard InChI is InChI=1S/C4H8ClNO3/c1-2-4(5,6)9-3(7)8/h2,6H2,1H3,(H,7,8). The highest BCUT2D eigenvalue weighted by molar-refractivity contribution is 6.22. The molecular weight excluding hydrogens is 146 g/mol. The van der Waals surface area contributed by atoms with Gasteiger partial charge in [-0.2, -0.15) is 0 Å². The van der Waals surface area contributed by atoms with Crippen molar-refractivity contribution < 1.29 is 14.6 Å². The van der Waals surface area contributed by atoms with Gasteiger partial charge in [0.2, 0.25) is 5.18 Å². The number of carbonyl (C=O) groups is 1. The molecule has 0 aromatic heterocycles. The average molecular weight is 154 g/mol. The Morgan fingerprint density at radius 1 is 2.00 bits per heavy atom. The van der Waals surface area contributed by atoms with E-state index >= 15 is 0 Å². The lowest BCUT2D eigenvalue weighted by molar-refractivity contribution is 0.0314. The Labute approximate surface area is 57.5 Å². The van der Waals surface area contributed by atoms with Gasteiger partial charge in [-0.15, -0.1) is 0 Å². The van der Waals surface area contributed by atoms with Crippen LogP contribution in [-0.2, 0) is 4.74 Å². The fraction of sp³-hybridized carbons (Fsp3) is 0.750. The van der Waals surface area contributed by atoms with Crippen molar-refractivity contribution in [3.05, 3.63) is 0 Å². The van der Waals surface area contributed by atoms with Crippen molar-refractivity contribution in [2.24, 2.45) is 5.73 Å². The van der Waals surface area contributed by atoms with Gasteiger partial charge in [-0.25, -0.2) is 4.79 Å². The minimum Gasteiger partial charge on any atom is -0.450 e. The van der Waals surface area contributed by atoms with Crippen LogP contribution < -0.4 is 5.73 Å². The summed E-state index contributed by atoms with van der Waals surface area (Å²) in [4.78, 5) is 9.79. The summed E-state index contributed by atoms with van der Waals surface area (Å²) in [5.74, 6) is 0. The van der Waals surface area contributed by atoms with Crippen LogP contribution in [0.15, 0.2) is 0 Å². The first-order valence-electron chi connectivity index (χ1n) is 2.37. The fourth-order valence-corrected chi connectivity index (χ4v) is 0.283. The van der Waals surface area contributed by atoms with Crippen LogP contribution in [0.3, 0.4) is 0 Å². The SMILES string of the molecule is CCC(N)(Cl)OC(=O)O. The van der Waals surface area contributed by atoms with Crippen molar-refractivity contribution in [1.29, 1.82) is 0 Å². The lowest BCUT2D eigenvalue weighted by Gasteiger charge is -2.16. The van der Waals surface area contributed by atoms with Crippen LogP contribution in [0, 0.1) is 0 Å². The van der Waals surface area contributed by atoms with E-state index < -0.39 is 11.3 Å². The van der Waals surface area contributed by atoms with Crippen molar-refractivity contribution >= 4 is 17.8 Å². The van der Waals surface area contributed by atoms with Crippen molar-refractivity contribution in [1.82, 2.24) is 0 Å². The van der Waals surface area contributed by atoms with E-state index in [4.69, 9.17) is 22.4 Å². The second kappa shape index (κ2) is 2.89. The number of alkyl halides is 1. The third-order valence-corrected chi connectivity index (χ3v) is 1.08. The molecule has 0 aromatic rings. The highest BCUT2D eigenvalue weighted by atomic mass is 35.5. The lowest BCUT2D eigenvalue weighted by Crippen LogP contribution is -2.37. The normalized spacial score (nSPS) is 16.3. The molecule has 0 bridgehead atoms. The summed E-state index contributed by atoms with van der Waals surface area (Å²) in [6, 6.07) is 0. The summed E-state index contributed by atoms with van der Waals surface area (Å²) in [7, 11) is 0. The number of halogens is 1. The Morgan fingerprint density at radius 3 is 2.56 bits per heavy atom. The van der Waals surface area contributed by atoms with Crippen LogP contribution in [0.5, 0.6) is 0 Å².